The van der Waals surface area contributed by atoms with Crippen molar-refractivity contribution in [2.45, 2.75) is 4.90 Å². The van der Waals surface area contributed by atoms with Crippen LogP contribution in [0.4, 0.5) is 5.69 Å². The largest absolute Gasteiger partial charge is 0.468 e. The number of methoxy groups -OCH3 is 1. The van der Waals surface area contributed by atoms with Gasteiger partial charge in [-0.3, -0.25) is 4.79 Å². The van der Waals surface area contributed by atoms with Crippen LogP contribution < -0.4 is 5.73 Å². The van der Waals surface area contributed by atoms with Crippen molar-refractivity contribution in [2.75, 3.05) is 18.6 Å². The molecule has 0 spiro atoms. The minimum atomic E-state index is -0.302. The summed E-state index contributed by atoms with van der Waals surface area (Å²) in [6.07, 6.45) is 0. The van der Waals surface area contributed by atoms with Crippen molar-refractivity contribution in [1.82, 2.24) is 0 Å². The molecule has 1 rings (SSSR count). The summed E-state index contributed by atoms with van der Waals surface area (Å²) in [6, 6.07) is 6.96. The summed E-state index contributed by atoms with van der Waals surface area (Å²) in [6.45, 7) is 0. The number of nitrogens with zero attached hydrogens (tertiary/aromatic N) is 1. The lowest BCUT2D eigenvalue weighted by molar-refractivity contribution is -0.137. The molecule has 1 aromatic carbocycles. The molecule has 0 unspecified atom stereocenters. The third-order valence-electron chi connectivity index (χ3n) is 1.71. The van der Waals surface area contributed by atoms with Crippen LogP contribution in [-0.2, 0) is 9.53 Å². The Balaban J connectivity index is 2.71. The average Bonchev–Trinajstić information content (AvgIpc) is 2.26. The van der Waals surface area contributed by atoms with Gasteiger partial charge in [0.2, 0.25) is 0 Å². The quantitative estimate of drug-likeness (QED) is 0.475. The van der Waals surface area contributed by atoms with E-state index in [0.29, 0.717) is 11.3 Å². The highest BCUT2D eigenvalue weighted by atomic mass is 32.2. The maximum Gasteiger partial charge on any atom is 0.315 e. The third kappa shape index (κ3) is 3.18. The van der Waals surface area contributed by atoms with Gasteiger partial charge in [-0.2, -0.15) is 5.26 Å². The fraction of sp³-hybridized carbons (Fsp3) is 0.200. The van der Waals surface area contributed by atoms with Crippen molar-refractivity contribution in [1.29, 1.82) is 5.26 Å². The monoisotopic (exact) mass is 222 g/mol. The van der Waals surface area contributed by atoms with Crippen molar-refractivity contribution in [2.24, 2.45) is 0 Å². The van der Waals surface area contributed by atoms with Gasteiger partial charge in [0.15, 0.2) is 0 Å². The van der Waals surface area contributed by atoms with Crippen molar-refractivity contribution in [3.05, 3.63) is 23.8 Å². The lowest BCUT2D eigenvalue weighted by Crippen LogP contribution is -2.03. The van der Waals surface area contributed by atoms with Crippen LogP contribution in [0.2, 0.25) is 0 Å². The van der Waals surface area contributed by atoms with E-state index in [4.69, 9.17) is 11.0 Å². The van der Waals surface area contributed by atoms with Gasteiger partial charge in [0.1, 0.15) is 0 Å². The van der Waals surface area contributed by atoms with E-state index in [-0.39, 0.29) is 11.7 Å². The standard InChI is InChI=1S/C10H10N2O2S/c1-14-10(13)6-15-9-3-2-7(5-11)4-8(9)12/h2-4H,6,12H2,1H3. The number of hydrogen-bond donors (Lipinski definition) is 1. The summed E-state index contributed by atoms with van der Waals surface area (Å²) in [5, 5.41) is 8.62. The Morgan fingerprint density at radius 3 is 2.93 bits per heavy atom. The van der Waals surface area contributed by atoms with Crippen molar-refractivity contribution in [3.8, 4) is 6.07 Å². The van der Waals surface area contributed by atoms with Crippen LogP contribution in [0.1, 0.15) is 5.56 Å². The summed E-state index contributed by atoms with van der Waals surface area (Å²) < 4.78 is 4.50. The first-order chi connectivity index (χ1) is 7.17. The Hall–Kier alpha value is -1.67. The Morgan fingerprint density at radius 2 is 2.40 bits per heavy atom. The van der Waals surface area contributed by atoms with Crippen LogP contribution in [0.5, 0.6) is 0 Å². The smallest absolute Gasteiger partial charge is 0.315 e. The van der Waals surface area contributed by atoms with Gasteiger partial charge in [0.05, 0.1) is 24.5 Å². The Morgan fingerprint density at radius 1 is 1.67 bits per heavy atom. The van der Waals surface area contributed by atoms with E-state index in [1.165, 1.54) is 18.9 Å². The van der Waals surface area contributed by atoms with Crippen molar-refractivity contribution in [3.63, 3.8) is 0 Å². The normalized spacial score (nSPS) is 9.33. The van der Waals surface area contributed by atoms with Gasteiger partial charge in [-0.15, -0.1) is 11.8 Å². The van der Waals surface area contributed by atoms with E-state index < -0.39 is 0 Å². The number of nitrogen functional groups attached to an aromatic ring is 1. The molecule has 0 aliphatic heterocycles. The van der Waals surface area contributed by atoms with E-state index in [1.807, 2.05) is 6.07 Å². The van der Waals surface area contributed by atoms with E-state index >= 15 is 0 Å². The van der Waals surface area contributed by atoms with Gasteiger partial charge < -0.3 is 10.5 Å². The second-order valence-corrected chi connectivity index (χ2v) is 3.75. The lowest BCUT2D eigenvalue weighted by atomic mass is 10.2. The first-order valence-corrected chi connectivity index (χ1v) is 5.15. The van der Waals surface area contributed by atoms with Gasteiger partial charge in [0, 0.05) is 10.6 Å². The number of thioether (sulfide) groups is 1. The second-order valence-electron chi connectivity index (χ2n) is 2.73. The molecule has 4 nitrogen and oxygen atoms in total. The fourth-order valence-corrected chi connectivity index (χ4v) is 1.73. The zero-order valence-corrected chi connectivity index (χ0v) is 9.00. The van der Waals surface area contributed by atoms with Crippen LogP contribution >= 0.6 is 11.8 Å². The summed E-state index contributed by atoms with van der Waals surface area (Å²) >= 11 is 1.29. The fourth-order valence-electron chi connectivity index (χ4n) is 0.945. The Labute approximate surface area is 92.0 Å². The Kier molecular flexibility index (Phi) is 4.01. The molecule has 15 heavy (non-hydrogen) atoms. The van der Waals surface area contributed by atoms with Crippen LogP contribution in [0.3, 0.4) is 0 Å². The molecule has 0 heterocycles. The van der Waals surface area contributed by atoms with Crippen molar-refractivity contribution >= 4 is 23.4 Å². The molecule has 2 N–H and O–H groups in total. The molecule has 0 aliphatic rings. The van der Waals surface area contributed by atoms with Gasteiger partial charge >= 0.3 is 5.97 Å². The predicted molar refractivity (Wildman–Crippen MR) is 58.3 cm³/mol. The number of anilines is 1. The zero-order chi connectivity index (χ0) is 11.3. The van der Waals surface area contributed by atoms with Crippen LogP contribution in [0, 0.1) is 11.3 Å². The van der Waals surface area contributed by atoms with E-state index in [1.54, 1.807) is 18.2 Å². The SMILES string of the molecule is COC(=O)CSc1ccc(C#N)cc1N. The zero-order valence-electron chi connectivity index (χ0n) is 8.19. The first kappa shape index (κ1) is 11.4. The number of esters is 1. The molecule has 0 saturated heterocycles. The molecule has 0 radical (unpaired) electrons. The number of hydrogen-bond acceptors (Lipinski definition) is 5. The highest BCUT2D eigenvalue weighted by molar-refractivity contribution is 8.00. The van der Waals surface area contributed by atoms with Gasteiger partial charge in [-0.1, -0.05) is 0 Å². The molecular formula is C10H10N2O2S. The van der Waals surface area contributed by atoms with E-state index in [2.05, 4.69) is 4.74 Å². The third-order valence-corrected chi connectivity index (χ3v) is 2.77. The van der Waals surface area contributed by atoms with Crippen LogP contribution in [0.15, 0.2) is 23.1 Å². The number of nitrogens with two attached hydrogens (primary N) is 1. The molecular weight excluding hydrogens is 212 g/mol. The topological polar surface area (TPSA) is 76.1 Å². The maximum absolute atomic E-state index is 10.9. The van der Waals surface area contributed by atoms with Crippen LogP contribution in [-0.4, -0.2) is 18.8 Å². The number of ether oxygens (including phenoxy) is 1. The predicted octanol–water partition coefficient (Wildman–Crippen LogP) is 1.41. The minimum absolute atomic E-state index is 0.215. The highest BCUT2D eigenvalue weighted by Gasteiger charge is 2.05. The molecule has 78 valence electrons. The minimum Gasteiger partial charge on any atom is -0.468 e. The van der Waals surface area contributed by atoms with E-state index in [0.717, 1.165) is 4.90 Å². The average molecular weight is 222 g/mol. The maximum atomic E-state index is 10.9. The molecule has 1 aromatic rings. The summed E-state index contributed by atoms with van der Waals surface area (Å²) in [5.74, 6) is -0.0872. The molecule has 0 bridgehead atoms. The summed E-state index contributed by atoms with van der Waals surface area (Å²) in [5.41, 5.74) is 6.71. The number of benzene rings is 1. The number of carbonyl (C=O) groups excluding carboxylic acids is 1. The number of nitriles is 1. The van der Waals surface area contributed by atoms with Gasteiger partial charge in [-0.25, -0.2) is 0 Å². The number of carbonyl (C=O) groups is 1. The lowest BCUT2D eigenvalue weighted by Gasteiger charge is -2.04. The Bertz CT molecular complexity index is 412. The second kappa shape index (κ2) is 5.27. The molecule has 0 saturated carbocycles. The van der Waals surface area contributed by atoms with Gasteiger partial charge in [0.25, 0.3) is 0 Å². The molecule has 0 aromatic heterocycles. The van der Waals surface area contributed by atoms with Gasteiger partial charge in [-0.05, 0) is 18.2 Å². The highest BCUT2D eigenvalue weighted by Crippen LogP contribution is 2.25. The molecule has 0 atom stereocenters. The molecule has 0 amide bonds. The van der Waals surface area contributed by atoms with Crippen molar-refractivity contribution < 1.29 is 9.53 Å². The summed E-state index contributed by atoms with van der Waals surface area (Å²) in [4.78, 5) is 11.7. The number of rotatable bonds is 3. The van der Waals surface area contributed by atoms with Crippen LogP contribution in [0.25, 0.3) is 0 Å². The first-order valence-electron chi connectivity index (χ1n) is 4.16. The van der Waals surface area contributed by atoms with E-state index in [9.17, 15) is 4.79 Å². The molecule has 0 aliphatic carbocycles. The molecule has 0 fully saturated rings. The molecule has 5 heteroatoms. The summed E-state index contributed by atoms with van der Waals surface area (Å²) in [7, 11) is 1.34.